The highest BCUT2D eigenvalue weighted by Crippen LogP contribution is 2.27. The first-order chi connectivity index (χ1) is 9.96. The molecular weight excluding hydrogens is 306 g/mol. The average Bonchev–Trinajstić information content (AvgIpc) is 2.46. The van der Waals surface area contributed by atoms with Gasteiger partial charge >= 0.3 is 0 Å². The van der Waals surface area contributed by atoms with Gasteiger partial charge in [0.1, 0.15) is 0 Å². The third kappa shape index (κ3) is 3.39. The minimum atomic E-state index is -3.58. The van der Waals surface area contributed by atoms with E-state index in [1.165, 1.54) is 4.31 Å². The van der Waals surface area contributed by atoms with Crippen LogP contribution in [0.1, 0.15) is 18.9 Å². The predicted molar refractivity (Wildman–Crippen MR) is 87.5 cm³/mol. The topological polar surface area (TPSA) is 37.4 Å². The van der Waals surface area contributed by atoms with E-state index in [1.807, 2.05) is 38.1 Å². The average molecular weight is 324 g/mol. The van der Waals surface area contributed by atoms with Crippen molar-refractivity contribution in [2.45, 2.75) is 25.2 Å². The van der Waals surface area contributed by atoms with E-state index in [-0.39, 0.29) is 4.90 Å². The van der Waals surface area contributed by atoms with E-state index in [4.69, 9.17) is 11.6 Å². The molecule has 0 heterocycles. The normalized spacial score (nSPS) is 11.4. The maximum Gasteiger partial charge on any atom is 0.264 e. The Morgan fingerprint density at radius 2 is 1.67 bits per heavy atom. The van der Waals surface area contributed by atoms with Crippen molar-refractivity contribution in [1.29, 1.82) is 0 Å². The molecule has 0 saturated heterocycles. The number of anilines is 1. The summed E-state index contributed by atoms with van der Waals surface area (Å²) in [5.41, 5.74) is 1.65. The van der Waals surface area contributed by atoms with Crippen LogP contribution in [0.25, 0.3) is 0 Å². The Hall–Kier alpha value is -1.52. The Bertz CT molecular complexity index is 711. The van der Waals surface area contributed by atoms with Crippen LogP contribution in [0.3, 0.4) is 0 Å². The summed E-state index contributed by atoms with van der Waals surface area (Å²) in [6.07, 6.45) is 0.737. The minimum Gasteiger partial charge on any atom is -0.266 e. The van der Waals surface area contributed by atoms with Crippen molar-refractivity contribution in [3.8, 4) is 0 Å². The lowest BCUT2D eigenvalue weighted by atomic mass is 10.2. The van der Waals surface area contributed by atoms with Crippen molar-refractivity contribution >= 4 is 27.3 Å². The van der Waals surface area contributed by atoms with E-state index in [0.717, 1.165) is 12.0 Å². The molecule has 0 aliphatic rings. The molecule has 5 heteroatoms. The number of rotatable bonds is 5. The Balaban J connectivity index is 2.51. The van der Waals surface area contributed by atoms with Gasteiger partial charge in [-0.1, -0.05) is 36.7 Å². The van der Waals surface area contributed by atoms with Crippen LogP contribution in [0, 0.1) is 6.92 Å². The highest BCUT2D eigenvalue weighted by Gasteiger charge is 2.25. The lowest BCUT2D eigenvalue weighted by molar-refractivity contribution is 0.590. The molecule has 0 radical (unpaired) electrons. The maximum absolute atomic E-state index is 12.9. The number of para-hydroxylation sites is 1. The molecule has 3 nitrogen and oxygen atoms in total. The van der Waals surface area contributed by atoms with Gasteiger partial charge < -0.3 is 0 Å². The standard InChI is InChI=1S/C16H18ClNO2S/c1-3-12-18(16-7-5-4-6-13(16)2)21(19,20)15-10-8-14(17)9-11-15/h4-11H,3,12H2,1-2H3. The number of aryl methyl sites for hydroxylation is 1. The lowest BCUT2D eigenvalue weighted by Crippen LogP contribution is -2.32. The van der Waals surface area contributed by atoms with E-state index in [9.17, 15) is 8.42 Å². The van der Waals surface area contributed by atoms with Gasteiger partial charge in [0.05, 0.1) is 10.6 Å². The Morgan fingerprint density at radius 3 is 2.24 bits per heavy atom. The molecule has 0 aliphatic carbocycles. The van der Waals surface area contributed by atoms with Gasteiger partial charge in [0.25, 0.3) is 10.0 Å². The first kappa shape index (κ1) is 15.9. The van der Waals surface area contributed by atoms with Gasteiger partial charge in [0.2, 0.25) is 0 Å². The van der Waals surface area contributed by atoms with Crippen LogP contribution in [-0.4, -0.2) is 15.0 Å². The molecular formula is C16H18ClNO2S. The van der Waals surface area contributed by atoms with Crippen molar-refractivity contribution in [3.05, 3.63) is 59.1 Å². The summed E-state index contributed by atoms with van der Waals surface area (Å²) >= 11 is 5.84. The van der Waals surface area contributed by atoms with Crippen LogP contribution < -0.4 is 4.31 Å². The van der Waals surface area contributed by atoms with Crippen LogP contribution in [-0.2, 0) is 10.0 Å². The molecule has 2 aromatic rings. The molecule has 0 spiro atoms. The fraction of sp³-hybridized carbons (Fsp3) is 0.250. The van der Waals surface area contributed by atoms with Crippen molar-refractivity contribution in [2.75, 3.05) is 10.8 Å². The molecule has 0 fully saturated rings. The zero-order chi connectivity index (χ0) is 15.5. The lowest BCUT2D eigenvalue weighted by Gasteiger charge is -2.25. The molecule has 0 saturated carbocycles. The zero-order valence-electron chi connectivity index (χ0n) is 12.1. The number of sulfonamides is 1. The highest BCUT2D eigenvalue weighted by molar-refractivity contribution is 7.92. The van der Waals surface area contributed by atoms with Gasteiger partial charge in [-0.15, -0.1) is 0 Å². The number of hydrogen-bond donors (Lipinski definition) is 0. The first-order valence-electron chi connectivity index (χ1n) is 6.80. The second kappa shape index (κ2) is 6.50. The van der Waals surface area contributed by atoms with Crippen molar-refractivity contribution in [2.24, 2.45) is 0 Å². The van der Waals surface area contributed by atoms with E-state index in [1.54, 1.807) is 24.3 Å². The van der Waals surface area contributed by atoms with E-state index < -0.39 is 10.0 Å². The Kier molecular flexibility index (Phi) is 4.91. The molecule has 21 heavy (non-hydrogen) atoms. The smallest absolute Gasteiger partial charge is 0.264 e. The van der Waals surface area contributed by atoms with Gasteiger partial charge in [-0.25, -0.2) is 8.42 Å². The largest absolute Gasteiger partial charge is 0.266 e. The molecule has 0 amide bonds. The van der Waals surface area contributed by atoms with E-state index in [2.05, 4.69) is 0 Å². The van der Waals surface area contributed by atoms with Gasteiger partial charge in [0.15, 0.2) is 0 Å². The minimum absolute atomic E-state index is 0.253. The molecule has 0 aliphatic heterocycles. The van der Waals surface area contributed by atoms with Crippen molar-refractivity contribution < 1.29 is 8.42 Å². The third-order valence-corrected chi connectivity index (χ3v) is 5.29. The molecule has 2 aromatic carbocycles. The number of hydrogen-bond acceptors (Lipinski definition) is 2. The van der Waals surface area contributed by atoms with Crippen molar-refractivity contribution in [1.82, 2.24) is 0 Å². The summed E-state index contributed by atoms with van der Waals surface area (Å²) < 4.78 is 27.2. The zero-order valence-corrected chi connectivity index (χ0v) is 13.7. The molecule has 2 rings (SSSR count). The van der Waals surface area contributed by atoms with Crippen molar-refractivity contribution in [3.63, 3.8) is 0 Å². The summed E-state index contributed by atoms with van der Waals surface area (Å²) in [6, 6.07) is 13.8. The molecule has 0 bridgehead atoms. The fourth-order valence-corrected chi connectivity index (χ4v) is 3.90. The van der Waals surface area contributed by atoms with Crippen LogP contribution in [0.5, 0.6) is 0 Å². The number of halogens is 1. The van der Waals surface area contributed by atoms with E-state index >= 15 is 0 Å². The maximum atomic E-state index is 12.9. The third-order valence-electron chi connectivity index (χ3n) is 3.21. The number of nitrogens with zero attached hydrogens (tertiary/aromatic N) is 1. The van der Waals surface area contributed by atoms with E-state index in [0.29, 0.717) is 17.3 Å². The first-order valence-corrected chi connectivity index (χ1v) is 8.62. The SMILES string of the molecule is CCCN(c1ccccc1C)S(=O)(=O)c1ccc(Cl)cc1. The number of benzene rings is 2. The Labute approximate surface area is 131 Å². The Morgan fingerprint density at radius 1 is 1.05 bits per heavy atom. The summed E-state index contributed by atoms with van der Waals surface area (Å²) in [5.74, 6) is 0. The summed E-state index contributed by atoms with van der Waals surface area (Å²) in [6.45, 7) is 4.31. The fourth-order valence-electron chi connectivity index (χ4n) is 2.15. The molecule has 0 unspecified atom stereocenters. The van der Waals surface area contributed by atoms with Crippen LogP contribution in [0.4, 0.5) is 5.69 Å². The van der Waals surface area contributed by atoms with Crippen LogP contribution in [0.2, 0.25) is 5.02 Å². The second-order valence-corrected chi connectivity index (χ2v) is 7.12. The van der Waals surface area contributed by atoms with Gasteiger partial charge in [0, 0.05) is 11.6 Å². The summed E-state index contributed by atoms with van der Waals surface area (Å²) in [4.78, 5) is 0.253. The van der Waals surface area contributed by atoms with Gasteiger partial charge in [-0.05, 0) is 49.2 Å². The summed E-state index contributed by atoms with van der Waals surface area (Å²) in [5, 5.41) is 0.520. The molecule has 0 atom stereocenters. The van der Waals surface area contributed by atoms with Gasteiger partial charge in [-0.2, -0.15) is 0 Å². The second-order valence-electron chi connectivity index (χ2n) is 4.82. The molecule has 112 valence electrons. The highest BCUT2D eigenvalue weighted by atomic mass is 35.5. The van der Waals surface area contributed by atoms with Crippen LogP contribution in [0.15, 0.2) is 53.4 Å². The van der Waals surface area contributed by atoms with Crippen LogP contribution >= 0.6 is 11.6 Å². The van der Waals surface area contributed by atoms with Gasteiger partial charge in [-0.3, -0.25) is 4.31 Å². The predicted octanol–water partition coefficient (Wildman–Crippen LogP) is 4.25. The quantitative estimate of drug-likeness (QED) is 0.824. The monoisotopic (exact) mass is 323 g/mol. The summed E-state index contributed by atoms with van der Waals surface area (Å²) in [7, 11) is -3.58. The molecule has 0 N–H and O–H groups in total. The molecule has 0 aromatic heterocycles.